The summed E-state index contributed by atoms with van der Waals surface area (Å²) >= 11 is 0. The molecular weight excluding hydrogens is 321 g/mol. The van der Waals surface area contributed by atoms with Crippen LogP contribution in [0.4, 0.5) is 0 Å². The van der Waals surface area contributed by atoms with Gasteiger partial charge in [-0.15, -0.1) is 0 Å². The molecule has 26 heavy (non-hydrogen) atoms. The first-order chi connectivity index (χ1) is 12.2. The molecular formula is C22H32BNO2. The van der Waals surface area contributed by atoms with Crippen LogP contribution in [0.2, 0.25) is 0 Å². The molecule has 140 valence electrons. The van der Waals surface area contributed by atoms with Gasteiger partial charge in [-0.1, -0.05) is 39.2 Å². The van der Waals surface area contributed by atoms with Gasteiger partial charge in [-0.3, -0.25) is 0 Å². The summed E-state index contributed by atoms with van der Waals surface area (Å²) in [4.78, 5) is 3.62. The highest BCUT2D eigenvalue weighted by Crippen LogP contribution is 2.38. The van der Waals surface area contributed by atoms with Crippen molar-refractivity contribution in [3.05, 3.63) is 29.3 Å². The zero-order chi connectivity index (χ0) is 18.7. The smallest absolute Gasteiger partial charge is 0.398 e. The van der Waals surface area contributed by atoms with E-state index < -0.39 is 0 Å². The van der Waals surface area contributed by atoms with E-state index >= 15 is 0 Å². The molecule has 2 fully saturated rings. The second-order valence-corrected chi connectivity index (χ2v) is 9.58. The van der Waals surface area contributed by atoms with Gasteiger partial charge in [-0.25, -0.2) is 0 Å². The van der Waals surface area contributed by atoms with Crippen molar-refractivity contribution in [1.82, 2.24) is 4.98 Å². The van der Waals surface area contributed by atoms with Gasteiger partial charge in [0.1, 0.15) is 0 Å². The minimum Gasteiger partial charge on any atom is -0.398 e. The predicted octanol–water partition coefficient (Wildman–Crippen LogP) is 4.93. The maximum Gasteiger partial charge on any atom is 0.512 e. The van der Waals surface area contributed by atoms with E-state index in [4.69, 9.17) is 9.31 Å². The predicted molar refractivity (Wildman–Crippen MR) is 109 cm³/mol. The van der Waals surface area contributed by atoms with Gasteiger partial charge in [-0.2, -0.15) is 0 Å². The molecule has 0 radical (unpaired) electrons. The molecule has 0 atom stereocenters. The van der Waals surface area contributed by atoms with Gasteiger partial charge < -0.3 is 14.3 Å². The van der Waals surface area contributed by atoms with Crippen LogP contribution in [0, 0.1) is 5.92 Å². The van der Waals surface area contributed by atoms with E-state index in [9.17, 15) is 0 Å². The highest BCUT2D eigenvalue weighted by atomic mass is 16.7. The third kappa shape index (κ3) is 2.91. The van der Waals surface area contributed by atoms with Crippen LogP contribution in [0.3, 0.4) is 0 Å². The molecule has 1 aliphatic heterocycles. The lowest BCUT2D eigenvalue weighted by atomic mass is 9.78. The van der Waals surface area contributed by atoms with Crippen LogP contribution < -0.4 is 5.59 Å². The zero-order valence-electron chi connectivity index (χ0n) is 17.1. The van der Waals surface area contributed by atoms with E-state index in [1.54, 1.807) is 0 Å². The normalized spacial score (nSPS) is 22.3. The minimum absolute atomic E-state index is 0.321. The number of aromatic nitrogens is 1. The Bertz CT molecular complexity index is 801. The van der Waals surface area contributed by atoms with E-state index in [0.29, 0.717) is 5.92 Å². The number of fused-ring (bicyclic) bond motifs is 1. The monoisotopic (exact) mass is 353 g/mol. The van der Waals surface area contributed by atoms with Gasteiger partial charge in [0.25, 0.3) is 0 Å². The molecule has 0 spiro atoms. The summed E-state index contributed by atoms with van der Waals surface area (Å²) in [6.45, 7) is 13.0. The van der Waals surface area contributed by atoms with Crippen LogP contribution in [0.25, 0.3) is 10.9 Å². The third-order valence-electron chi connectivity index (χ3n) is 6.75. The van der Waals surface area contributed by atoms with Crippen molar-refractivity contribution in [3.63, 3.8) is 0 Å². The quantitative estimate of drug-likeness (QED) is 0.791. The Morgan fingerprint density at radius 2 is 1.77 bits per heavy atom. The lowest BCUT2D eigenvalue weighted by molar-refractivity contribution is 0.00578. The van der Waals surface area contributed by atoms with Crippen molar-refractivity contribution in [2.45, 2.75) is 84.3 Å². The highest BCUT2D eigenvalue weighted by molar-refractivity contribution is 6.62. The Hall–Kier alpha value is -1.26. The molecule has 2 aromatic rings. The van der Waals surface area contributed by atoms with E-state index in [2.05, 4.69) is 64.7 Å². The first-order valence-corrected chi connectivity index (χ1v) is 10.2. The maximum absolute atomic E-state index is 6.34. The van der Waals surface area contributed by atoms with Crippen molar-refractivity contribution in [2.24, 2.45) is 5.92 Å². The van der Waals surface area contributed by atoms with Gasteiger partial charge in [0.2, 0.25) is 0 Å². The maximum atomic E-state index is 6.34. The summed E-state index contributed by atoms with van der Waals surface area (Å²) in [6.07, 6.45) is 5.40. The van der Waals surface area contributed by atoms with Crippen molar-refractivity contribution in [1.29, 1.82) is 0 Å². The molecule has 4 rings (SSSR count). The van der Waals surface area contributed by atoms with Crippen LogP contribution in [0.15, 0.2) is 18.2 Å². The molecule has 1 aliphatic carbocycles. The lowest BCUT2D eigenvalue weighted by Crippen LogP contribution is -2.41. The fourth-order valence-corrected chi connectivity index (χ4v) is 4.21. The Morgan fingerprint density at radius 1 is 1.12 bits per heavy atom. The number of hydrogen-bond donors (Lipinski definition) is 1. The number of nitrogens with one attached hydrogen (secondary N) is 1. The highest BCUT2D eigenvalue weighted by Gasteiger charge is 2.53. The van der Waals surface area contributed by atoms with Crippen LogP contribution >= 0.6 is 0 Å². The summed E-state index contributed by atoms with van der Waals surface area (Å²) in [5, 5.41) is 1.33. The van der Waals surface area contributed by atoms with Crippen molar-refractivity contribution in [3.8, 4) is 0 Å². The number of hydrogen-bond acceptors (Lipinski definition) is 2. The summed E-state index contributed by atoms with van der Waals surface area (Å²) in [5.41, 5.74) is 4.44. The molecule has 1 aromatic carbocycles. The topological polar surface area (TPSA) is 34.2 Å². The number of benzene rings is 1. The second-order valence-electron chi connectivity index (χ2n) is 9.58. The van der Waals surface area contributed by atoms with Crippen LogP contribution in [0.5, 0.6) is 0 Å². The molecule has 0 amide bonds. The van der Waals surface area contributed by atoms with Gasteiger partial charge in [0.15, 0.2) is 0 Å². The second kappa shape index (κ2) is 6.14. The van der Waals surface area contributed by atoms with Gasteiger partial charge in [0, 0.05) is 16.5 Å². The zero-order valence-corrected chi connectivity index (χ0v) is 17.1. The molecule has 2 aliphatic rings. The third-order valence-corrected chi connectivity index (χ3v) is 6.75. The summed E-state index contributed by atoms with van der Waals surface area (Å²) in [5.74, 6) is 1.30. The number of H-pyrrole nitrogens is 1. The Labute approximate surface area is 158 Å². The van der Waals surface area contributed by atoms with E-state index in [1.807, 2.05) is 0 Å². The molecule has 1 N–H and O–H groups in total. The molecule has 0 unspecified atom stereocenters. The Balaban J connectivity index is 1.74. The van der Waals surface area contributed by atoms with Crippen LogP contribution in [-0.2, 0) is 15.7 Å². The standard InChI is InChI=1S/C22H32BNO2/c1-14(2)19-17-13-16(12-15-8-7-9-15)10-11-18(17)24-20(19)23-25-21(3,4)22(5,6)26-23/h10-11,13-15,24H,7-9,12H2,1-6H3. The van der Waals surface area contributed by atoms with Crippen molar-refractivity contribution in [2.75, 3.05) is 0 Å². The summed E-state index contributed by atoms with van der Waals surface area (Å²) < 4.78 is 12.7. The molecule has 0 bridgehead atoms. The van der Waals surface area contributed by atoms with Gasteiger partial charge in [0.05, 0.1) is 11.2 Å². The fourth-order valence-electron chi connectivity index (χ4n) is 4.21. The lowest BCUT2D eigenvalue weighted by Gasteiger charge is -2.32. The molecule has 1 saturated heterocycles. The van der Waals surface area contributed by atoms with E-state index in [-0.39, 0.29) is 18.3 Å². The van der Waals surface area contributed by atoms with Crippen molar-refractivity contribution < 1.29 is 9.31 Å². The molecule has 3 nitrogen and oxygen atoms in total. The molecule has 1 aromatic heterocycles. The largest absolute Gasteiger partial charge is 0.512 e. The molecule has 1 saturated carbocycles. The van der Waals surface area contributed by atoms with Crippen LogP contribution in [-0.4, -0.2) is 23.3 Å². The SMILES string of the molecule is CC(C)c1c(B2OC(C)(C)C(C)(C)O2)[nH]c2ccc(CC3CCC3)cc12. The summed E-state index contributed by atoms with van der Waals surface area (Å²) in [6, 6.07) is 6.92. The summed E-state index contributed by atoms with van der Waals surface area (Å²) in [7, 11) is -0.333. The van der Waals surface area contributed by atoms with Gasteiger partial charge in [-0.05, 0) is 69.2 Å². The average Bonchev–Trinajstić information content (AvgIpc) is 2.97. The average molecular weight is 353 g/mol. The Morgan fingerprint density at radius 3 is 2.31 bits per heavy atom. The van der Waals surface area contributed by atoms with E-state index in [0.717, 1.165) is 11.5 Å². The van der Waals surface area contributed by atoms with E-state index in [1.165, 1.54) is 47.7 Å². The van der Waals surface area contributed by atoms with Crippen LogP contribution in [0.1, 0.15) is 77.8 Å². The first-order valence-electron chi connectivity index (χ1n) is 10.2. The van der Waals surface area contributed by atoms with Gasteiger partial charge >= 0.3 is 7.12 Å². The number of aromatic amines is 1. The van der Waals surface area contributed by atoms with Crippen molar-refractivity contribution >= 4 is 23.6 Å². The minimum atomic E-state index is -0.333. The number of rotatable bonds is 4. The first kappa shape index (κ1) is 18.1. The molecule has 4 heteroatoms. The fraction of sp³-hybridized carbons (Fsp3) is 0.636. The Kier molecular flexibility index (Phi) is 4.28. The molecule has 2 heterocycles.